The lowest BCUT2D eigenvalue weighted by Crippen LogP contribution is -2.60. The van der Waals surface area contributed by atoms with E-state index in [1.165, 1.54) is 37.7 Å². The molecule has 0 aromatic carbocycles. The van der Waals surface area contributed by atoms with Crippen molar-refractivity contribution in [2.45, 2.75) is 51.1 Å². The molecule has 0 atom stereocenters. The third kappa shape index (κ3) is 6.07. The molecule has 2 fully saturated rings. The zero-order chi connectivity index (χ0) is 17.4. The van der Waals surface area contributed by atoms with Crippen molar-refractivity contribution < 1.29 is 4.74 Å². The number of rotatable bonds is 6. The van der Waals surface area contributed by atoms with Gasteiger partial charge in [-0.25, -0.2) is 4.99 Å². The van der Waals surface area contributed by atoms with Gasteiger partial charge in [0.1, 0.15) is 0 Å². The molecule has 1 saturated carbocycles. The van der Waals surface area contributed by atoms with Crippen LogP contribution in [-0.2, 0) is 11.3 Å². The Morgan fingerprint density at radius 2 is 2.00 bits per heavy atom. The van der Waals surface area contributed by atoms with E-state index in [2.05, 4.69) is 39.3 Å². The summed E-state index contributed by atoms with van der Waals surface area (Å²) < 4.78 is 5.58. The van der Waals surface area contributed by atoms with E-state index in [9.17, 15) is 0 Å². The van der Waals surface area contributed by atoms with E-state index in [-0.39, 0.29) is 29.5 Å². The van der Waals surface area contributed by atoms with Crippen LogP contribution in [0.15, 0.2) is 21.8 Å². The van der Waals surface area contributed by atoms with Crippen molar-refractivity contribution in [3.63, 3.8) is 0 Å². The molecule has 0 amide bonds. The molecule has 1 aromatic rings. The van der Waals surface area contributed by atoms with Crippen LogP contribution in [0.3, 0.4) is 0 Å². The maximum atomic E-state index is 5.58. The minimum Gasteiger partial charge on any atom is -0.379 e. The SMILES string of the molecule is CCNC(=NCc1ccsc1)NCC1(N2CCOCC2)CCCCC1.I. The van der Waals surface area contributed by atoms with Gasteiger partial charge in [0.25, 0.3) is 0 Å². The third-order valence-corrected chi connectivity index (χ3v) is 6.13. The molecule has 5 nitrogen and oxygen atoms in total. The lowest BCUT2D eigenvalue weighted by Gasteiger charge is -2.48. The van der Waals surface area contributed by atoms with Crippen LogP contribution in [0.1, 0.15) is 44.6 Å². The first-order valence-corrected chi connectivity index (χ1v) is 10.6. The molecule has 2 aliphatic rings. The Labute approximate surface area is 179 Å². The Morgan fingerprint density at radius 1 is 1.23 bits per heavy atom. The highest BCUT2D eigenvalue weighted by atomic mass is 127. The molecule has 2 heterocycles. The van der Waals surface area contributed by atoms with Crippen LogP contribution in [0, 0.1) is 0 Å². The fourth-order valence-corrected chi connectivity index (χ4v) is 4.66. The molecular formula is C19H33IN4OS. The van der Waals surface area contributed by atoms with E-state index in [0.717, 1.165) is 51.9 Å². The van der Waals surface area contributed by atoms with Crippen LogP contribution < -0.4 is 10.6 Å². The first-order valence-electron chi connectivity index (χ1n) is 9.68. The van der Waals surface area contributed by atoms with Gasteiger partial charge in [-0.05, 0) is 42.2 Å². The second-order valence-corrected chi connectivity index (χ2v) is 7.84. The van der Waals surface area contributed by atoms with Crippen molar-refractivity contribution in [1.29, 1.82) is 0 Å². The fraction of sp³-hybridized carbons (Fsp3) is 0.737. The number of morpholine rings is 1. The predicted molar refractivity (Wildman–Crippen MR) is 121 cm³/mol. The van der Waals surface area contributed by atoms with Crippen molar-refractivity contribution in [2.24, 2.45) is 4.99 Å². The molecule has 148 valence electrons. The average Bonchev–Trinajstić information content (AvgIpc) is 3.19. The van der Waals surface area contributed by atoms with Crippen molar-refractivity contribution in [3.8, 4) is 0 Å². The van der Waals surface area contributed by atoms with Crippen LogP contribution in [0.2, 0.25) is 0 Å². The molecule has 26 heavy (non-hydrogen) atoms. The summed E-state index contributed by atoms with van der Waals surface area (Å²) in [5.41, 5.74) is 1.54. The molecule has 1 aromatic heterocycles. The van der Waals surface area contributed by atoms with Gasteiger partial charge in [0.2, 0.25) is 0 Å². The van der Waals surface area contributed by atoms with Crippen LogP contribution in [-0.4, -0.2) is 55.8 Å². The van der Waals surface area contributed by atoms with Crippen LogP contribution in [0.4, 0.5) is 0 Å². The number of nitrogens with zero attached hydrogens (tertiary/aromatic N) is 2. The summed E-state index contributed by atoms with van der Waals surface area (Å²) in [5.74, 6) is 0.937. The Kier molecular flexibility index (Phi) is 9.66. The monoisotopic (exact) mass is 492 g/mol. The van der Waals surface area contributed by atoms with Crippen LogP contribution in [0.25, 0.3) is 0 Å². The second-order valence-electron chi connectivity index (χ2n) is 7.06. The highest BCUT2D eigenvalue weighted by Crippen LogP contribution is 2.33. The van der Waals surface area contributed by atoms with Gasteiger partial charge in [-0.1, -0.05) is 19.3 Å². The molecular weight excluding hydrogens is 459 g/mol. The van der Waals surface area contributed by atoms with E-state index in [1.807, 2.05) is 0 Å². The van der Waals surface area contributed by atoms with Crippen molar-refractivity contribution in [1.82, 2.24) is 15.5 Å². The predicted octanol–water partition coefficient (Wildman–Crippen LogP) is 3.46. The number of nitrogens with one attached hydrogen (secondary N) is 2. The van der Waals surface area contributed by atoms with Gasteiger partial charge in [-0.3, -0.25) is 4.90 Å². The Bertz CT molecular complexity index is 526. The van der Waals surface area contributed by atoms with Gasteiger partial charge in [-0.2, -0.15) is 11.3 Å². The third-order valence-electron chi connectivity index (χ3n) is 5.40. The number of hydrogen-bond donors (Lipinski definition) is 2. The maximum Gasteiger partial charge on any atom is 0.191 e. The van der Waals surface area contributed by atoms with Gasteiger partial charge in [-0.15, -0.1) is 24.0 Å². The van der Waals surface area contributed by atoms with E-state index < -0.39 is 0 Å². The lowest BCUT2D eigenvalue weighted by molar-refractivity contribution is -0.0352. The normalized spacial score (nSPS) is 21.0. The fourth-order valence-electron chi connectivity index (χ4n) is 4.00. The Morgan fingerprint density at radius 3 is 2.65 bits per heavy atom. The summed E-state index contributed by atoms with van der Waals surface area (Å²) in [6, 6.07) is 2.15. The molecule has 2 N–H and O–H groups in total. The van der Waals surface area contributed by atoms with E-state index in [0.29, 0.717) is 0 Å². The van der Waals surface area contributed by atoms with Gasteiger partial charge >= 0.3 is 0 Å². The molecule has 0 bridgehead atoms. The highest BCUT2D eigenvalue weighted by molar-refractivity contribution is 14.0. The zero-order valence-corrected chi connectivity index (χ0v) is 19.0. The average molecular weight is 492 g/mol. The van der Waals surface area contributed by atoms with Crippen LogP contribution >= 0.6 is 35.3 Å². The van der Waals surface area contributed by atoms with Crippen molar-refractivity contribution in [3.05, 3.63) is 22.4 Å². The Hall–Kier alpha value is -0.380. The molecule has 7 heteroatoms. The number of aliphatic imine (C=N–C) groups is 1. The number of hydrogen-bond acceptors (Lipinski definition) is 4. The first-order chi connectivity index (χ1) is 12.3. The van der Waals surface area contributed by atoms with Crippen LogP contribution in [0.5, 0.6) is 0 Å². The molecule has 1 aliphatic carbocycles. The number of halogens is 1. The second kappa shape index (κ2) is 11.5. The molecule has 0 spiro atoms. The summed E-state index contributed by atoms with van der Waals surface area (Å²) in [5, 5.41) is 11.3. The Balaban J connectivity index is 0.00000243. The number of ether oxygens (including phenoxy) is 1. The smallest absolute Gasteiger partial charge is 0.191 e. The van der Waals surface area contributed by atoms with E-state index in [4.69, 9.17) is 9.73 Å². The van der Waals surface area contributed by atoms with E-state index >= 15 is 0 Å². The van der Waals surface area contributed by atoms with Gasteiger partial charge in [0.15, 0.2) is 5.96 Å². The molecule has 3 rings (SSSR count). The summed E-state index contributed by atoms with van der Waals surface area (Å²) in [7, 11) is 0. The zero-order valence-electron chi connectivity index (χ0n) is 15.8. The summed E-state index contributed by atoms with van der Waals surface area (Å²) in [6.07, 6.45) is 6.61. The highest BCUT2D eigenvalue weighted by Gasteiger charge is 2.38. The maximum absolute atomic E-state index is 5.58. The quantitative estimate of drug-likeness (QED) is 0.363. The van der Waals surface area contributed by atoms with Gasteiger partial charge < -0.3 is 15.4 Å². The summed E-state index contributed by atoms with van der Waals surface area (Å²) in [6.45, 7) is 8.59. The largest absolute Gasteiger partial charge is 0.379 e. The lowest BCUT2D eigenvalue weighted by atomic mass is 9.80. The molecule has 0 unspecified atom stereocenters. The van der Waals surface area contributed by atoms with E-state index in [1.54, 1.807) is 11.3 Å². The molecule has 1 saturated heterocycles. The summed E-state index contributed by atoms with van der Waals surface area (Å²) >= 11 is 1.73. The standard InChI is InChI=1S/C19H32N4OS.HI/c1-2-20-18(21-14-17-6-13-25-15-17)22-16-19(7-4-3-5-8-19)23-9-11-24-12-10-23;/h6,13,15H,2-5,7-12,14,16H2,1H3,(H2,20,21,22);1H. The van der Waals surface area contributed by atoms with Gasteiger partial charge in [0, 0.05) is 31.7 Å². The molecule has 1 aliphatic heterocycles. The number of thiophene rings is 1. The minimum absolute atomic E-state index is 0. The van der Waals surface area contributed by atoms with Gasteiger partial charge in [0.05, 0.1) is 19.8 Å². The number of guanidine groups is 1. The minimum atomic E-state index is 0. The van der Waals surface area contributed by atoms with Crippen molar-refractivity contribution >= 4 is 41.3 Å². The first kappa shape index (κ1) is 21.9. The summed E-state index contributed by atoms with van der Waals surface area (Å²) in [4.78, 5) is 7.45. The molecule has 0 radical (unpaired) electrons. The van der Waals surface area contributed by atoms with Crippen molar-refractivity contribution in [2.75, 3.05) is 39.4 Å². The topological polar surface area (TPSA) is 48.9 Å².